The van der Waals surface area contributed by atoms with Crippen molar-refractivity contribution in [1.82, 2.24) is 0 Å². The summed E-state index contributed by atoms with van der Waals surface area (Å²) in [6.45, 7) is 12.8. The van der Waals surface area contributed by atoms with Crippen LogP contribution in [0.3, 0.4) is 0 Å². The minimum atomic E-state index is -5.98. The van der Waals surface area contributed by atoms with Gasteiger partial charge < -0.3 is 9.16 Å². The normalized spacial score (nSPS) is 27.9. The van der Waals surface area contributed by atoms with Crippen molar-refractivity contribution in [2.24, 2.45) is 23.2 Å². The van der Waals surface area contributed by atoms with Gasteiger partial charge >= 0.3 is 21.6 Å². The molecule has 0 heterocycles. The van der Waals surface area contributed by atoms with Crippen molar-refractivity contribution in [3.8, 4) is 0 Å². The molecule has 12 heteroatoms. The van der Waals surface area contributed by atoms with Crippen LogP contribution in [0, 0.1) is 23.2 Å². The van der Waals surface area contributed by atoms with Gasteiger partial charge in [-0.1, -0.05) is 62.1 Å². The molecule has 0 aromatic heterocycles. The zero-order valence-corrected chi connectivity index (χ0v) is 25.5. The lowest BCUT2D eigenvalue weighted by Crippen LogP contribution is -2.47. The second-order valence-corrected chi connectivity index (χ2v) is 13.0. The van der Waals surface area contributed by atoms with Gasteiger partial charge in [-0.05, 0) is 51.5 Å². The fraction of sp³-hybridized carbons (Fsp3) is 0.607. The van der Waals surface area contributed by atoms with Gasteiger partial charge in [-0.2, -0.15) is 21.6 Å². The molecule has 224 valence electrons. The molecule has 0 aromatic carbocycles. The lowest BCUT2D eigenvalue weighted by molar-refractivity contribution is -0.163. The van der Waals surface area contributed by atoms with Crippen LogP contribution < -0.4 is 0 Å². The number of allylic oxidation sites excluding steroid dienone is 5. The van der Waals surface area contributed by atoms with E-state index in [1.807, 2.05) is 20.8 Å². The maximum Gasteiger partial charge on any atom is 0.523 e. The van der Waals surface area contributed by atoms with Gasteiger partial charge in [0.1, 0.15) is 12.2 Å². The Morgan fingerprint density at radius 3 is 2.52 bits per heavy atom. The summed E-state index contributed by atoms with van der Waals surface area (Å²) in [5, 5.41) is 0. The van der Waals surface area contributed by atoms with E-state index in [0.29, 0.717) is 25.7 Å². The third kappa shape index (κ3) is 8.13. The molecule has 1 saturated carbocycles. The SMILES string of the molecule is C=[SiH]OC(C)C/C=C/C=C/C(OS(=O)(=O)C(F)(F)F)C(C)C(=O)OC1CCC2=CC(=O)C(C(=C)C)CC2(C)C1C. The van der Waals surface area contributed by atoms with Crippen molar-refractivity contribution in [2.75, 3.05) is 0 Å². The average Bonchev–Trinajstić information content (AvgIpc) is 2.84. The van der Waals surface area contributed by atoms with Crippen molar-refractivity contribution in [1.29, 1.82) is 0 Å². The first-order valence-electron chi connectivity index (χ1n) is 13.1. The number of alkyl halides is 3. The molecule has 2 rings (SSSR count). The fourth-order valence-electron chi connectivity index (χ4n) is 5.08. The summed E-state index contributed by atoms with van der Waals surface area (Å²) in [6.07, 6.45) is 10.4. The van der Waals surface area contributed by atoms with Crippen LogP contribution in [-0.4, -0.2) is 59.5 Å². The van der Waals surface area contributed by atoms with Crippen LogP contribution in [0.4, 0.5) is 13.2 Å². The zero-order chi connectivity index (χ0) is 30.5. The Kier molecular flexibility index (Phi) is 11.5. The molecule has 7 nitrogen and oxygen atoms in total. The number of hydrogen-bond acceptors (Lipinski definition) is 7. The van der Waals surface area contributed by atoms with E-state index in [-0.39, 0.29) is 23.7 Å². The lowest BCUT2D eigenvalue weighted by atomic mass is 9.57. The lowest BCUT2D eigenvalue weighted by Gasteiger charge is -2.49. The fourth-order valence-corrected chi connectivity index (χ4v) is 6.15. The summed E-state index contributed by atoms with van der Waals surface area (Å²) in [6, 6.07) is 0. The highest BCUT2D eigenvalue weighted by atomic mass is 32.2. The van der Waals surface area contributed by atoms with Gasteiger partial charge in [0.2, 0.25) is 9.38 Å². The first-order chi connectivity index (χ1) is 18.4. The number of carbonyl (C=O) groups excluding carboxylic acids is 2. The summed E-state index contributed by atoms with van der Waals surface area (Å²) in [4.78, 5) is 25.7. The summed E-state index contributed by atoms with van der Waals surface area (Å²) >= 11 is 0. The van der Waals surface area contributed by atoms with Gasteiger partial charge in [0.15, 0.2) is 5.78 Å². The summed E-state index contributed by atoms with van der Waals surface area (Å²) in [5.41, 5.74) is -4.37. The highest BCUT2D eigenvalue weighted by molar-refractivity contribution is 7.87. The highest BCUT2D eigenvalue weighted by Gasteiger charge is 2.51. The quantitative estimate of drug-likeness (QED) is 0.0774. The molecular weight excluding hydrogens is 565 g/mol. The van der Waals surface area contributed by atoms with Gasteiger partial charge in [0.05, 0.1) is 12.0 Å². The third-order valence-electron chi connectivity index (χ3n) is 7.88. The number of carbonyl (C=O) groups is 2. The van der Waals surface area contributed by atoms with Crippen LogP contribution in [0.5, 0.6) is 0 Å². The second-order valence-electron chi connectivity index (χ2n) is 10.8. The Morgan fingerprint density at radius 2 is 1.95 bits per heavy atom. The standard InChI is InChI=1S/C28H39F3O7SSi/c1-17(2)22-16-27(6)20(5)25(14-13-21(27)15-23(22)32)36-26(33)19(4)24(37-39(34,35)28(29,30)31)12-10-8-9-11-18(3)38-40-7/h8-10,12,15,18-20,22,24-25,40H,1,7,11,13-14,16H2,2-6H3/b9-8+,12-10+. The van der Waals surface area contributed by atoms with E-state index >= 15 is 0 Å². The minimum Gasteiger partial charge on any atom is -0.551 e. The summed E-state index contributed by atoms with van der Waals surface area (Å²) in [7, 11) is -6.38. The molecule has 2 aliphatic rings. The Bertz CT molecular complexity index is 1170. The van der Waals surface area contributed by atoms with E-state index in [4.69, 9.17) is 9.16 Å². The van der Waals surface area contributed by atoms with Gasteiger partial charge in [-0.15, -0.1) is 0 Å². The number of ether oxygens (including phenoxy) is 1. The van der Waals surface area contributed by atoms with Crippen LogP contribution in [0.15, 0.2) is 48.1 Å². The van der Waals surface area contributed by atoms with E-state index in [9.17, 15) is 31.2 Å². The number of ketones is 1. The van der Waals surface area contributed by atoms with E-state index in [1.165, 1.54) is 19.1 Å². The Balaban J connectivity index is 2.22. The Labute approximate surface area is 237 Å². The molecule has 0 spiro atoms. The maximum atomic E-state index is 13.1. The van der Waals surface area contributed by atoms with Crippen LogP contribution >= 0.6 is 0 Å². The van der Waals surface area contributed by atoms with Crippen LogP contribution in [-0.2, 0) is 33.1 Å². The van der Waals surface area contributed by atoms with Gasteiger partial charge in [-0.3, -0.25) is 13.8 Å². The van der Waals surface area contributed by atoms with Gasteiger partial charge in [-0.25, -0.2) is 0 Å². The Morgan fingerprint density at radius 1 is 1.30 bits per heavy atom. The molecule has 0 bridgehead atoms. The molecule has 0 N–H and O–H groups in total. The van der Waals surface area contributed by atoms with Gasteiger partial charge in [0, 0.05) is 18.3 Å². The first-order valence-corrected chi connectivity index (χ1v) is 15.8. The molecule has 7 atom stereocenters. The summed E-state index contributed by atoms with van der Waals surface area (Å²) in [5.74, 6) is -2.80. The summed E-state index contributed by atoms with van der Waals surface area (Å²) < 4.78 is 78.4. The van der Waals surface area contributed by atoms with Crippen LogP contribution in [0.2, 0.25) is 0 Å². The second kappa shape index (κ2) is 13.6. The van der Waals surface area contributed by atoms with Crippen molar-refractivity contribution >= 4 is 37.4 Å². The number of esters is 1. The molecule has 0 saturated heterocycles. The maximum absolute atomic E-state index is 13.1. The molecular formula is C28H39F3O7SSi. The van der Waals surface area contributed by atoms with Crippen LogP contribution in [0.25, 0.3) is 0 Å². The van der Waals surface area contributed by atoms with Crippen molar-refractivity contribution < 1.29 is 44.5 Å². The first kappa shape index (κ1) is 33.9. The number of hydrogen-bond donors (Lipinski definition) is 0. The van der Waals surface area contributed by atoms with E-state index in [1.54, 1.807) is 19.1 Å². The topological polar surface area (TPSA) is 96.0 Å². The molecule has 7 unspecified atom stereocenters. The molecule has 1 fully saturated rings. The molecule has 0 radical (unpaired) electrons. The zero-order valence-electron chi connectivity index (χ0n) is 23.6. The van der Waals surface area contributed by atoms with E-state index in [0.717, 1.165) is 17.2 Å². The van der Waals surface area contributed by atoms with Crippen molar-refractivity contribution in [2.45, 2.75) is 84.1 Å². The molecule has 0 amide bonds. The number of halogens is 3. The smallest absolute Gasteiger partial charge is 0.523 e. The molecule has 0 aromatic rings. The van der Waals surface area contributed by atoms with Gasteiger partial charge in [0.25, 0.3) is 0 Å². The van der Waals surface area contributed by atoms with E-state index in [2.05, 4.69) is 16.9 Å². The Hall–Kier alpha value is -2.31. The monoisotopic (exact) mass is 604 g/mol. The third-order valence-corrected chi connectivity index (χ3v) is 9.57. The average molecular weight is 605 g/mol. The molecule has 40 heavy (non-hydrogen) atoms. The number of rotatable bonds is 12. The predicted molar refractivity (Wildman–Crippen MR) is 149 cm³/mol. The minimum absolute atomic E-state index is 0.00779. The highest BCUT2D eigenvalue weighted by Crippen LogP contribution is 2.53. The molecule has 2 aliphatic carbocycles. The number of fused-ring (bicyclic) bond motifs is 1. The van der Waals surface area contributed by atoms with Crippen molar-refractivity contribution in [3.05, 3.63) is 48.1 Å². The molecule has 0 aliphatic heterocycles. The van der Waals surface area contributed by atoms with Crippen molar-refractivity contribution in [3.63, 3.8) is 0 Å². The predicted octanol–water partition coefficient (Wildman–Crippen LogP) is 4.99. The van der Waals surface area contributed by atoms with E-state index < -0.39 is 54.5 Å². The largest absolute Gasteiger partial charge is 0.551 e. The van der Waals surface area contributed by atoms with Crippen LogP contribution in [0.1, 0.15) is 60.3 Å².